The molecular formula is C24H21Cl2N3O4. The van der Waals surface area contributed by atoms with Gasteiger partial charge >= 0.3 is 0 Å². The zero-order chi connectivity index (χ0) is 23.5. The summed E-state index contributed by atoms with van der Waals surface area (Å²) in [6, 6.07) is 17.3. The SMILES string of the molecule is COc1ccc(C2Nc3ccc(Cl)cc3C(=O)N2NC(=O)COc2ccc(Cl)cc2C)cc1. The first kappa shape index (κ1) is 22.8. The summed E-state index contributed by atoms with van der Waals surface area (Å²) in [6.07, 6.45) is -0.654. The van der Waals surface area contributed by atoms with Crippen LogP contribution in [0.5, 0.6) is 11.5 Å². The quantitative estimate of drug-likeness (QED) is 0.514. The van der Waals surface area contributed by atoms with Crippen molar-refractivity contribution in [2.45, 2.75) is 13.1 Å². The molecule has 0 radical (unpaired) electrons. The number of methoxy groups -OCH3 is 1. The fourth-order valence-corrected chi connectivity index (χ4v) is 3.90. The van der Waals surface area contributed by atoms with Crippen LogP contribution in [0.25, 0.3) is 0 Å². The third-order valence-electron chi connectivity index (χ3n) is 5.15. The lowest BCUT2D eigenvalue weighted by atomic mass is 10.0. The number of nitrogens with one attached hydrogen (secondary N) is 2. The molecule has 0 saturated heterocycles. The van der Waals surface area contributed by atoms with Gasteiger partial charge in [0, 0.05) is 15.7 Å². The van der Waals surface area contributed by atoms with E-state index in [9.17, 15) is 9.59 Å². The minimum absolute atomic E-state index is 0.288. The maximum atomic E-state index is 13.3. The second-order valence-electron chi connectivity index (χ2n) is 7.42. The molecule has 1 unspecified atom stereocenters. The Bertz CT molecular complexity index is 1200. The first-order valence-corrected chi connectivity index (χ1v) is 10.8. The van der Waals surface area contributed by atoms with Crippen molar-refractivity contribution in [1.29, 1.82) is 0 Å². The summed E-state index contributed by atoms with van der Waals surface area (Å²) >= 11 is 12.1. The van der Waals surface area contributed by atoms with Crippen molar-refractivity contribution in [1.82, 2.24) is 10.4 Å². The number of carbonyl (C=O) groups is 2. The van der Waals surface area contributed by atoms with Crippen molar-refractivity contribution in [3.05, 3.63) is 87.4 Å². The number of anilines is 1. The van der Waals surface area contributed by atoms with Crippen LogP contribution < -0.4 is 20.2 Å². The van der Waals surface area contributed by atoms with E-state index in [1.807, 2.05) is 19.1 Å². The van der Waals surface area contributed by atoms with Crippen LogP contribution in [0.15, 0.2) is 60.7 Å². The predicted octanol–water partition coefficient (Wildman–Crippen LogP) is 4.99. The molecule has 0 aliphatic carbocycles. The number of rotatable bonds is 6. The van der Waals surface area contributed by atoms with Gasteiger partial charge in [-0.05, 0) is 66.6 Å². The van der Waals surface area contributed by atoms with Crippen LogP contribution in [0.4, 0.5) is 5.69 Å². The van der Waals surface area contributed by atoms with Gasteiger partial charge in [-0.3, -0.25) is 15.0 Å². The zero-order valence-corrected chi connectivity index (χ0v) is 19.4. The van der Waals surface area contributed by atoms with Gasteiger partial charge in [0.15, 0.2) is 6.61 Å². The molecule has 2 amide bonds. The second-order valence-corrected chi connectivity index (χ2v) is 8.29. The average molecular weight is 486 g/mol. The van der Waals surface area contributed by atoms with Crippen LogP contribution in [0, 0.1) is 6.92 Å². The maximum Gasteiger partial charge on any atom is 0.276 e. The smallest absolute Gasteiger partial charge is 0.276 e. The van der Waals surface area contributed by atoms with E-state index in [0.29, 0.717) is 32.8 Å². The summed E-state index contributed by atoms with van der Waals surface area (Å²) in [5, 5.41) is 5.52. The molecule has 1 heterocycles. The molecule has 0 bridgehead atoms. The number of halogens is 2. The van der Waals surface area contributed by atoms with Crippen LogP contribution in [0.3, 0.4) is 0 Å². The molecule has 1 aliphatic rings. The minimum atomic E-state index is -0.654. The van der Waals surface area contributed by atoms with Crippen molar-refractivity contribution >= 4 is 40.7 Å². The van der Waals surface area contributed by atoms with Gasteiger partial charge in [0.25, 0.3) is 11.8 Å². The van der Waals surface area contributed by atoms with E-state index in [1.165, 1.54) is 5.01 Å². The summed E-state index contributed by atoms with van der Waals surface area (Å²) < 4.78 is 10.8. The molecule has 3 aromatic carbocycles. The lowest BCUT2D eigenvalue weighted by molar-refractivity contribution is -0.127. The van der Waals surface area contributed by atoms with E-state index in [0.717, 1.165) is 11.1 Å². The van der Waals surface area contributed by atoms with Crippen LogP contribution in [0.1, 0.15) is 27.7 Å². The Kier molecular flexibility index (Phi) is 6.62. The molecule has 1 aliphatic heterocycles. The van der Waals surface area contributed by atoms with Crippen molar-refractivity contribution in [2.24, 2.45) is 0 Å². The first-order valence-electron chi connectivity index (χ1n) is 10.1. The molecule has 33 heavy (non-hydrogen) atoms. The Hall–Kier alpha value is -3.42. The van der Waals surface area contributed by atoms with Gasteiger partial charge < -0.3 is 14.8 Å². The number of hydrogen-bond acceptors (Lipinski definition) is 5. The number of carbonyl (C=O) groups excluding carboxylic acids is 2. The van der Waals surface area contributed by atoms with E-state index in [-0.39, 0.29) is 6.61 Å². The number of benzene rings is 3. The van der Waals surface area contributed by atoms with E-state index in [4.69, 9.17) is 32.7 Å². The normalized spacial score (nSPS) is 14.8. The molecule has 2 N–H and O–H groups in total. The van der Waals surface area contributed by atoms with Gasteiger partial charge in [-0.2, -0.15) is 0 Å². The fraction of sp³-hybridized carbons (Fsp3) is 0.167. The van der Waals surface area contributed by atoms with Crippen LogP contribution in [-0.2, 0) is 4.79 Å². The van der Waals surface area contributed by atoms with Gasteiger partial charge in [-0.15, -0.1) is 0 Å². The Morgan fingerprint density at radius 1 is 1.06 bits per heavy atom. The van der Waals surface area contributed by atoms with Crippen molar-refractivity contribution in [3.8, 4) is 11.5 Å². The number of fused-ring (bicyclic) bond motifs is 1. The standard InChI is InChI=1S/C24H21Cl2N3O4/c1-14-11-16(25)6-10-21(14)33-13-22(30)28-29-23(15-3-7-18(32-2)8-4-15)27-20-9-5-17(26)12-19(20)24(29)31/h3-12,23,27H,13H2,1-2H3,(H,28,30). The van der Waals surface area contributed by atoms with Crippen LogP contribution in [0.2, 0.25) is 10.0 Å². The first-order chi connectivity index (χ1) is 15.9. The molecule has 0 aromatic heterocycles. The predicted molar refractivity (Wildman–Crippen MR) is 127 cm³/mol. The van der Waals surface area contributed by atoms with Gasteiger partial charge in [0.1, 0.15) is 17.7 Å². The van der Waals surface area contributed by atoms with Crippen LogP contribution in [-0.4, -0.2) is 30.5 Å². The van der Waals surface area contributed by atoms with Gasteiger partial charge in [0.05, 0.1) is 12.7 Å². The highest BCUT2D eigenvalue weighted by Gasteiger charge is 2.34. The van der Waals surface area contributed by atoms with E-state index in [1.54, 1.807) is 55.6 Å². The van der Waals surface area contributed by atoms with E-state index >= 15 is 0 Å². The zero-order valence-electron chi connectivity index (χ0n) is 17.9. The molecule has 1 atom stereocenters. The fourth-order valence-electron chi connectivity index (χ4n) is 3.50. The molecule has 170 valence electrons. The molecule has 0 spiro atoms. The maximum absolute atomic E-state index is 13.3. The summed E-state index contributed by atoms with van der Waals surface area (Å²) in [6.45, 7) is 1.54. The molecule has 0 fully saturated rings. The Labute approximate surface area is 201 Å². The van der Waals surface area contributed by atoms with Crippen LogP contribution >= 0.6 is 23.2 Å². The summed E-state index contributed by atoms with van der Waals surface area (Å²) in [4.78, 5) is 26.0. The number of amides is 2. The van der Waals surface area contributed by atoms with Crippen molar-refractivity contribution in [3.63, 3.8) is 0 Å². The van der Waals surface area contributed by atoms with Crippen molar-refractivity contribution < 1.29 is 19.1 Å². The monoisotopic (exact) mass is 485 g/mol. The summed E-state index contributed by atoms with van der Waals surface area (Å²) in [5.41, 5.74) is 5.17. The Morgan fingerprint density at radius 3 is 2.45 bits per heavy atom. The number of ether oxygens (including phenoxy) is 2. The molecule has 4 rings (SSSR count). The lowest BCUT2D eigenvalue weighted by Gasteiger charge is -2.37. The third-order valence-corrected chi connectivity index (χ3v) is 5.62. The molecular weight excluding hydrogens is 465 g/mol. The van der Waals surface area contributed by atoms with Gasteiger partial charge in [-0.1, -0.05) is 35.3 Å². The van der Waals surface area contributed by atoms with E-state index in [2.05, 4.69) is 10.7 Å². The average Bonchev–Trinajstić information content (AvgIpc) is 2.80. The summed E-state index contributed by atoms with van der Waals surface area (Å²) in [5.74, 6) is 0.309. The highest BCUT2D eigenvalue weighted by molar-refractivity contribution is 6.31. The summed E-state index contributed by atoms with van der Waals surface area (Å²) in [7, 11) is 1.58. The number of nitrogens with zero attached hydrogens (tertiary/aromatic N) is 1. The molecule has 0 saturated carbocycles. The number of hydrogen-bond donors (Lipinski definition) is 2. The molecule has 7 nitrogen and oxygen atoms in total. The second kappa shape index (κ2) is 9.60. The largest absolute Gasteiger partial charge is 0.497 e. The Balaban J connectivity index is 1.57. The third kappa shape index (κ3) is 4.99. The van der Waals surface area contributed by atoms with Crippen molar-refractivity contribution in [2.75, 3.05) is 19.0 Å². The van der Waals surface area contributed by atoms with Gasteiger partial charge in [0.2, 0.25) is 0 Å². The highest BCUT2D eigenvalue weighted by atomic mass is 35.5. The topological polar surface area (TPSA) is 79.9 Å². The number of hydrazine groups is 1. The molecule has 3 aromatic rings. The highest BCUT2D eigenvalue weighted by Crippen LogP contribution is 2.34. The number of aryl methyl sites for hydroxylation is 1. The molecule has 9 heteroatoms. The minimum Gasteiger partial charge on any atom is -0.497 e. The Morgan fingerprint density at radius 2 is 1.76 bits per heavy atom. The van der Waals surface area contributed by atoms with Gasteiger partial charge in [-0.25, -0.2) is 5.01 Å². The lowest BCUT2D eigenvalue weighted by Crippen LogP contribution is -2.53. The van der Waals surface area contributed by atoms with E-state index < -0.39 is 18.0 Å².